The highest BCUT2D eigenvalue weighted by Crippen LogP contribution is 2.41. The smallest absolute Gasteiger partial charge is 0.191 e. The molecule has 1 saturated carbocycles. The molecule has 142 valence electrons. The van der Waals surface area contributed by atoms with Crippen molar-refractivity contribution in [2.24, 2.45) is 12.0 Å². The van der Waals surface area contributed by atoms with Gasteiger partial charge in [-0.1, -0.05) is 28.1 Å². The van der Waals surface area contributed by atoms with Crippen molar-refractivity contribution in [2.45, 2.75) is 45.7 Å². The van der Waals surface area contributed by atoms with E-state index in [-0.39, 0.29) is 24.0 Å². The van der Waals surface area contributed by atoms with Crippen molar-refractivity contribution in [1.82, 2.24) is 20.4 Å². The van der Waals surface area contributed by atoms with Gasteiger partial charge in [-0.25, -0.2) is 4.99 Å². The van der Waals surface area contributed by atoms with Gasteiger partial charge in [0.15, 0.2) is 5.96 Å². The Morgan fingerprint density at radius 3 is 2.58 bits per heavy atom. The minimum atomic E-state index is 0. The molecule has 2 N–H and O–H groups in total. The molecule has 2 atom stereocenters. The van der Waals surface area contributed by atoms with Crippen molar-refractivity contribution >= 4 is 45.9 Å². The van der Waals surface area contributed by atoms with Crippen LogP contribution < -0.4 is 10.6 Å². The summed E-state index contributed by atoms with van der Waals surface area (Å²) in [6.45, 7) is 7.73. The molecule has 0 bridgehead atoms. The van der Waals surface area contributed by atoms with E-state index in [1.807, 2.05) is 18.7 Å². The van der Waals surface area contributed by atoms with Crippen LogP contribution in [0.15, 0.2) is 33.7 Å². The number of hydrogen-bond acceptors (Lipinski definition) is 2. The zero-order valence-electron chi connectivity index (χ0n) is 15.7. The summed E-state index contributed by atoms with van der Waals surface area (Å²) in [5.41, 5.74) is 4.82. The average Bonchev–Trinajstić information content (AvgIpc) is 3.29. The van der Waals surface area contributed by atoms with Crippen LogP contribution >= 0.6 is 39.9 Å². The number of rotatable bonds is 5. The van der Waals surface area contributed by atoms with Crippen LogP contribution in [0.25, 0.3) is 0 Å². The lowest BCUT2D eigenvalue weighted by Crippen LogP contribution is -2.39. The molecule has 1 fully saturated rings. The molecule has 3 rings (SSSR count). The number of guanidine groups is 1. The second-order valence-corrected chi connectivity index (χ2v) is 7.53. The first-order valence-corrected chi connectivity index (χ1v) is 9.58. The second-order valence-electron chi connectivity index (χ2n) is 6.61. The predicted octanol–water partition coefficient (Wildman–Crippen LogP) is 4.03. The maximum atomic E-state index is 4.77. The fourth-order valence-corrected chi connectivity index (χ4v) is 3.40. The van der Waals surface area contributed by atoms with Gasteiger partial charge < -0.3 is 10.6 Å². The van der Waals surface area contributed by atoms with Gasteiger partial charge >= 0.3 is 0 Å². The molecule has 1 aromatic heterocycles. The van der Waals surface area contributed by atoms with Crippen molar-refractivity contribution in [1.29, 1.82) is 0 Å². The van der Waals surface area contributed by atoms with Crippen LogP contribution in [-0.2, 0) is 13.6 Å². The maximum absolute atomic E-state index is 4.77. The van der Waals surface area contributed by atoms with E-state index in [4.69, 9.17) is 4.99 Å². The minimum absolute atomic E-state index is 0. The molecule has 26 heavy (non-hydrogen) atoms. The van der Waals surface area contributed by atoms with Crippen molar-refractivity contribution < 1.29 is 0 Å². The third-order valence-electron chi connectivity index (χ3n) is 4.81. The van der Waals surface area contributed by atoms with Crippen LogP contribution in [-0.4, -0.2) is 28.3 Å². The lowest BCUT2D eigenvalue weighted by Gasteiger charge is -2.11. The van der Waals surface area contributed by atoms with Gasteiger partial charge in [-0.05, 0) is 44.9 Å². The summed E-state index contributed by atoms with van der Waals surface area (Å²) in [5.74, 6) is 1.45. The summed E-state index contributed by atoms with van der Waals surface area (Å²) in [6, 6.07) is 9.07. The molecule has 1 aliphatic carbocycles. The molecule has 0 spiro atoms. The van der Waals surface area contributed by atoms with E-state index in [0.717, 1.165) is 29.1 Å². The third-order valence-corrected chi connectivity index (χ3v) is 5.34. The van der Waals surface area contributed by atoms with Gasteiger partial charge in [0.05, 0.1) is 12.2 Å². The van der Waals surface area contributed by atoms with Crippen LogP contribution in [0.5, 0.6) is 0 Å². The molecule has 0 saturated heterocycles. The summed E-state index contributed by atoms with van der Waals surface area (Å²) in [6.07, 6.45) is 1.15. The molecule has 5 nitrogen and oxygen atoms in total. The topological polar surface area (TPSA) is 54.2 Å². The van der Waals surface area contributed by atoms with E-state index >= 15 is 0 Å². The quantitative estimate of drug-likeness (QED) is 0.348. The Morgan fingerprint density at radius 2 is 2.00 bits per heavy atom. The molecular weight excluding hydrogens is 505 g/mol. The molecule has 0 amide bonds. The number of aliphatic imine (C=N–C) groups is 1. The van der Waals surface area contributed by atoms with Crippen LogP contribution in [0.3, 0.4) is 0 Å². The first-order chi connectivity index (χ1) is 12.0. The Hall–Kier alpha value is -1.09. The molecular formula is C19H27BrIN5. The van der Waals surface area contributed by atoms with Gasteiger partial charge in [0.2, 0.25) is 0 Å². The number of halogens is 2. The summed E-state index contributed by atoms with van der Waals surface area (Å²) in [4.78, 5) is 4.77. The van der Waals surface area contributed by atoms with E-state index < -0.39 is 0 Å². The fourth-order valence-electron chi connectivity index (χ4n) is 3.13. The van der Waals surface area contributed by atoms with Gasteiger partial charge in [-0.2, -0.15) is 5.10 Å². The molecule has 7 heteroatoms. The van der Waals surface area contributed by atoms with Crippen LogP contribution in [0.1, 0.15) is 41.8 Å². The standard InChI is InChI=1S/C19H26BrN5.HI/c1-5-21-19(22-11-17-12(2)24-25(4)13(17)3)23-18-10-16(18)14-6-8-15(20)9-7-14;/h6-9,16,18H,5,10-11H2,1-4H3,(H2,21,22,23);1H. The van der Waals surface area contributed by atoms with Crippen LogP contribution in [0, 0.1) is 13.8 Å². The van der Waals surface area contributed by atoms with E-state index in [2.05, 4.69) is 69.8 Å². The summed E-state index contributed by atoms with van der Waals surface area (Å²) < 4.78 is 3.05. The van der Waals surface area contributed by atoms with Crippen molar-refractivity contribution in [3.8, 4) is 0 Å². The lowest BCUT2D eigenvalue weighted by molar-refractivity contribution is 0.729. The number of aromatic nitrogens is 2. The molecule has 1 heterocycles. The largest absolute Gasteiger partial charge is 0.357 e. The average molecular weight is 532 g/mol. The molecule has 1 aromatic carbocycles. The zero-order chi connectivity index (χ0) is 18.0. The number of nitrogens with one attached hydrogen (secondary N) is 2. The summed E-state index contributed by atoms with van der Waals surface area (Å²) >= 11 is 3.50. The van der Waals surface area contributed by atoms with E-state index in [1.54, 1.807) is 0 Å². The lowest BCUT2D eigenvalue weighted by atomic mass is 10.1. The van der Waals surface area contributed by atoms with Crippen LogP contribution in [0.2, 0.25) is 0 Å². The highest BCUT2D eigenvalue weighted by Gasteiger charge is 2.38. The zero-order valence-corrected chi connectivity index (χ0v) is 19.6. The fraction of sp³-hybridized carbons (Fsp3) is 0.474. The third kappa shape index (κ3) is 5.00. The van der Waals surface area contributed by atoms with Gasteiger partial charge in [-0.3, -0.25) is 4.68 Å². The molecule has 0 radical (unpaired) electrons. The highest BCUT2D eigenvalue weighted by molar-refractivity contribution is 14.0. The molecule has 2 aromatic rings. The van der Waals surface area contributed by atoms with Crippen LogP contribution in [0.4, 0.5) is 0 Å². The Morgan fingerprint density at radius 1 is 1.31 bits per heavy atom. The summed E-state index contributed by atoms with van der Waals surface area (Å²) in [7, 11) is 1.98. The van der Waals surface area contributed by atoms with E-state index in [0.29, 0.717) is 18.5 Å². The molecule has 1 aliphatic rings. The van der Waals surface area contributed by atoms with Crippen molar-refractivity contribution in [3.63, 3.8) is 0 Å². The number of nitrogens with zero attached hydrogens (tertiary/aromatic N) is 3. The van der Waals surface area contributed by atoms with Gasteiger partial charge in [0, 0.05) is 41.3 Å². The van der Waals surface area contributed by atoms with Crippen molar-refractivity contribution in [3.05, 3.63) is 51.3 Å². The summed E-state index contributed by atoms with van der Waals surface area (Å²) in [5, 5.41) is 11.4. The van der Waals surface area contributed by atoms with Crippen molar-refractivity contribution in [2.75, 3.05) is 6.54 Å². The molecule has 2 unspecified atom stereocenters. The number of aryl methyl sites for hydroxylation is 2. The van der Waals surface area contributed by atoms with Gasteiger partial charge in [-0.15, -0.1) is 24.0 Å². The Labute approximate surface area is 181 Å². The Bertz CT molecular complexity index is 769. The Balaban J connectivity index is 0.00000243. The number of hydrogen-bond donors (Lipinski definition) is 2. The Kier molecular flexibility index (Phi) is 7.52. The first kappa shape index (κ1) is 21.2. The minimum Gasteiger partial charge on any atom is -0.357 e. The van der Waals surface area contributed by atoms with E-state index in [1.165, 1.54) is 16.8 Å². The van der Waals surface area contributed by atoms with Gasteiger partial charge in [0.1, 0.15) is 0 Å². The van der Waals surface area contributed by atoms with E-state index in [9.17, 15) is 0 Å². The monoisotopic (exact) mass is 531 g/mol. The maximum Gasteiger partial charge on any atom is 0.191 e. The van der Waals surface area contributed by atoms with Gasteiger partial charge in [0.25, 0.3) is 0 Å². The second kappa shape index (κ2) is 9.21. The highest BCUT2D eigenvalue weighted by atomic mass is 127. The number of benzene rings is 1. The first-order valence-electron chi connectivity index (χ1n) is 8.79. The normalized spacial score (nSPS) is 19.0. The SMILES string of the molecule is CCNC(=NCc1c(C)nn(C)c1C)NC1CC1c1ccc(Br)cc1.I. The molecule has 0 aliphatic heterocycles. The predicted molar refractivity (Wildman–Crippen MR) is 121 cm³/mol.